The molecule has 0 aliphatic heterocycles. The third-order valence-corrected chi connectivity index (χ3v) is 2.98. The van der Waals surface area contributed by atoms with Crippen LogP contribution < -0.4 is 15.2 Å². The van der Waals surface area contributed by atoms with Gasteiger partial charge in [0.25, 0.3) is 0 Å². The maximum atomic E-state index is 13.9. The van der Waals surface area contributed by atoms with Gasteiger partial charge in [0.15, 0.2) is 11.6 Å². The summed E-state index contributed by atoms with van der Waals surface area (Å²) in [5.74, 6) is 1.21. The summed E-state index contributed by atoms with van der Waals surface area (Å²) in [5, 5.41) is 0. The first kappa shape index (κ1) is 15.3. The van der Waals surface area contributed by atoms with Crippen LogP contribution in [-0.2, 0) is 6.42 Å². The Morgan fingerprint density at radius 2 is 1.76 bits per heavy atom. The predicted molar refractivity (Wildman–Crippen MR) is 81.5 cm³/mol. The lowest BCUT2D eigenvalue weighted by molar-refractivity contribution is 0.317. The van der Waals surface area contributed by atoms with Crippen molar-refractivity contribution < 1.29 is 13.9 Å². The van der Waals surface area contributed by atoms with Crippen LogP contribution in [0.15, 0.2) is 42.5 Å². The summed E-state index contributed by atoms with van der Waals surface area (Å²) in [7, 11) is 0. The fraction of sp³-hybridized carbons (Fsp3) is 0.294. The van der Waals surface area contributed by atoms with Gasteiger partial charge in [0, 0.05) is 0 Å². The van der Waals surface area contributed by atoms with E-state index in [-0.39, 0.29) is 11.6 Å². The van der Waals surface area contributed by atoms with Gasteiger partial charge in [-0.3, -0.25) is 0 Å². The Hall–Kier alpha value is -2.07. The first-order valence-electron chi connectivity index (χ1n) is 7.12. The highest BCUT2D eigenvalue weighted by Crippen LogP contribution is 2.29. The first-order chi connectivity index (χ1) is 10.2. The Morgan fingerprint density at radius 3 is 2.43 bits per heavy atom. The van der Waals surface area contributed by atoms with E-state index in [1.807, 2.05) is 18.2 Å². The highest BCUT2D eigenvalue weighted by Gasteiger charge is 2.10. The maximum Gasteiger partial charge on any atom is 0.166 e. The second-order valence-electron chi connectivity index (χ2n) is 4.69. The number of ether oxygens (including phenoxy) is 2. The number of hydrogen-bond donors (Lipinski definition) is 1. The zero-order chi connectivity index (χ0) is 15.1. The Morgan fingerprint density at radius 1 is 1.05 bits per heavy atom. The molecule has 2 aromatic carbocycles. The average Bonchev–Trinajstić information content (AvgIpc) is 2.50. The van der Waals surface area contributed by atoms with Gasteiger partial charge in [-0.1, -0.05) is 19.1 Å². The van der Waals surface area contributed by atoms with E-state index in [1.165, 1.54) is 6.07 Å². The fourth-order valence-electron chi connectivity index (χ4n) is 1.96. The van der Waals surface area contributed by atoms with Crippen molar-refractivity contribution in [3.05, 3.63) is 53.8 Å². The summed E-state index contributed by atoms with van der Waals surface area (Å²) in [6, 6.07) is 12.0. The fourth-order valence-corrected chi connectivity index (χ4v) is 1.96. The van der Waals surface area contributed by atoms with E-state index in [0.29, 0.717) is 25.3 Å². The Kier molecular flexibility index (Phi) is 5.58. The topological polar surface area (TPSA) is 44.5 Å². The number of benzene rings is 2. The normalized spacial score (nSPS) is 10.4. The van der Waals surface area contributed by atoms with Crippen molar-refractivity contribution in [1.82, 2.24) is 0 Å². The van der Waals surface area contributed by atoms with Gasteiger partial charge in [0.05, 0.1) is 6.61 Å². The molecule has 2 aromatic rings. The summed E-state index contributed by atoms with van der Waals surface area (Å²) < 4.78 is 25.1. The number of nitrogens with two attached hydrogens (primary N) is 1. The first-order valence-corrected chi connectivity index (χ1v) is 7.12. The lowest BCUT2D eigenvalue weighted by Gasteiger charge is -2.12. The molecule has 0 bridgehead atoms. The van der Waals surface area contributed by atoms with Gasteiger partial charge in [-0.15, -0.1) is 0 Å². The van der Waals surface area contributed by atoms with Crippen LogP contribution in [-0.4, -0.2) is 13.2 Å². The van der Waals surface area contributed by atoms with Gasteiger partial charge in [0.2, 0.25) is 0 Å². The highest BCUT2D eigenvalue weighted by molar-refractivity contribution is 5.40. The van der Waals surface area contributed by atoms with Gasteiger partial charge >= 0.3 is 0 Å². The van der Waals surface area contributed by atoms with Gasteiger partial charge in [-0.25, -0.2) is 4.39 Å². The lowest BCUT2D eigenvalue weighted by Crippen LogP contribution is -2.05. The van der Waals surface area contributed by atoms with E-state index < -0.39 is 0 Å². The Bertz CT molecular complexity index is 570. The van der Waals surface area contributed by atoms with E-state index in [0.717, 1.165) is 17.7 Å². The molecule has 0 saturated carbocycles. The van der Waals surface area contributed by atoms with E-state index in [9.17, 15) is 4.39 Å². The Labute approximate surface area is 124 Å². The standard InChI is InChI=1S/C17H20FNO2/c1-2-12-20-14-6-8-15(9-7-14)21-17-13(10-11-19)4-3-5-16(17)18/h3-9H,2,10-12,19H2,1H3. The third kappa shape index (κ3) is 4.20. The molecule has 21 heavy (non-hydrogen) atoms. The van der Waals surface area contributed by atoms with Crippen LogP contribution in [0.1, 0.15) is 18.9 Å². The molecule has 0 aliphatic carbocycles. The molecule has 0 unspecified atom stereocenters. The molecule has 0 atom stereocenters. The quantitative estimate of drug-likeness (QED) is 0.840. The minimum absolute atomic E-state index is 0.241. The van der Waals surface area contributed by atoms with Crippen LogP contribution in [0, 0.1) is 5.82 Å². The molecule has 2 rings (SSSR count). The number of rotatable bonds is 7. The summed E-state index contributed by atoms with van der Waals surface area (Å²) in [4.78, 5) is 0. The Balaban J connectivity index is 2.14. The molecule has 112 valence electrons. The second kappa shape index (κ2) is 7.64. The van der Waals surface area contributed by atoms with Gasteiger partial charge in [-0.2, -0.15) is 0 Å². The summed E-state index contributed by atoms with van der Waals surface area (Å²) in [6.07, 6.45) is 1.53. The molecule has 0 radical (unpaired) electrons. The van der Waals surface area contributed by atoms with Crippen LogP contribution in [0.3, 0.4) is 0 Å². The third-order valence-electron chi connectivity index (χ3n) is 2.98. The summed E-state index contributed by atoms with van der Waals surface area (Å²) in [6.45, 7) is 3.17. The molecular weight excluding hydrogens is 269 g/mol. The molecular formula is C17H20FNO2. The number of halogens is 1. The largest absolute Gasteiger partial charge is 0.494 e. The monoisotopic (exact) mass is 289 g/mol. The van der Waals surface area contributed by atoms with Gasteiger partial charge in [0.1, 0.15) is 11.5 Å². The minimum atomic E-state index is -0.382. The number of para-hydroxylation sites is 1. The SMILES string of the molecule is CCCOc1ccc(Oc2c(F)cccc2CCN)cc1. The maximum absolute atomic E-state index is 13.9. The summed E-state index contributed by atoms with van der Waals surface area (Å²) in [5.41, 5.74) is 6.31. The van der Waals surface area contributed by atoms with Crippen LogP contribution >= 0.6 is 0 Å². The van der Waals surface area contributed by atoms with Crippen molar-refractivity contribution >= 4 is 0 Å². The average molecular weight is 289 g/mol. The molecule has 0 spiro atoms. The van der Waals surface area contributed by atoms with E-state index in [4.69, 9.17) is 15.2 Å². The zero-order valence-corrected chi connectivity index (χ0v) is 12.1. The van der Waals surface area contributed by atoms with Crippen LogP contribution in [0.4, 0.5) is 4.39 Å². The van der Waals surface area contributed by atoms with E-state index in [1.54, 1.807) is 18.2 Å². The minimum Gasteiger partial charge on any atom is -0.494 e. The van der Waals surface area contributed by atoms with Crippen LogP contribution in [0.5, 0.6) is 17.2 Å². The smallest absolute Gasteiger partial charge is 0.166 e. The van der Waals surface area contributed by atoms with Gasteiger partial charge in [-0.05, 0) is 55.3 Å². The molecule has 0 saturated heterocycles. The molecule has 3 nitrogen and oxygen atoms in total. The van der Waals surface area contributed by atoms with Crippen molar-refractivity contribution in [3.63, 3.8) is 0 Å². The van der Waals surface area contributed by atoms with E-state index in [2.05, 4.69) is 6.92 Å². The molecule has 2 N–H and O–H groups in total. The molecule has 0 fully saturated rings. The zero-order valence-electron chi connectivity index (χ0n) is 12.1. The molecule has 0 heterocycles. The lowest BCUT2D eigenvalue weighted by atomic mass is 10.1. The predicted octanol–water partition coefficient (Wildman–Crippen LogP) is 3.91. The second-order valence-corrected chi connectivity index (χ2v) is 4.69. The van der Waals surface area contributed by atoms with Gasteiger partial charge < -0.3 is 15.2 Å². The van der Waals surface area contributed by atoms with Crippen molar-refractivity contribution in [2.75, 3.05) is 13.2 Å². The van der Waals surface area contributed by atoms with Crippen molar-refractivity contribution in [2.24, 2.45) is 5.73 Å². The summed E-state index contributed by atoms with van der Waals surface area (Å²) >= 11 is 0. The van der Waals surface area contributed by atoms with Crippen LogP contribution in [0.25, 0.3) is 0 Å². The molecule has 0 aromatic heterocycles. The van der Waals surface area contributed by atoms with Crippen LogP contribution in [0.2, 0.25) is 0 Å². The van der Waals surface area contributed by atoms with Crippen molar-refractivity contribution in [2.45, 2.75) is 19.8 Å². The molecule has 4 heteroatoms. The molecule has 0 amide bonds. The molecule has 0 aliphatic rings. The number of hydrogen-bond acceptors (Lipinski definition) is 3. The highest BCUT2D eigenvalue weighted by atomic mass is 19.1. The van der Waals surface area contributed by atoms with Crippen molar-refractivity contribution in [1.29, 1.82) is 0 Å². The van der Waals surface area contributed by atoms with Crippen molar-refractivity contribution in [3.8, 4) is 17.2 Å². The van der Waals surface area contributed by atoms with E-state index >= 15 is 0 Å².